The molecule has 27 heavy (non-hydrogen) atoms. The van der Waals surface area contributed by atoms with Gasteiger partial charge in [-0.1, -0.05) is 18.5 Å². The summed E-state index contributed by atoms with van der Waals surface area (Å²) in [5.74, 6) is 1.20. The minimum absolute atomic E-state index is 0.0994. The molecule has 1 aliphatic rings. The van der Waals surface area contributed by atoms with Gasteiger partial charge in [0.25, 0.3) is 0 Å². The van der Waals surface area contributed by atoms with Crippen molar-refractivity contribution in [3.8, 4) is 11.5 Å². The smallest absolute Gasteiger partial charge is 0.247 e. The molecule has 8 heteroatoms. The van der Waals surface area contributed by atoms with Gasteiger partial charge in [0.1, 0.15) is 0 Å². The van der Waals surface area contributed by atoms with E-state index in [1.165, 1.54) is 0 Å². The molecule has 3 rings (SSSR count). The average Bonchev–Trinajstić information content (AvgIpc) is 3.12. The van der Waals surface area contributed by atoms with E-state index in [2.05, 4.69) is 32.2 Å². The Morgan fingerprint density at radius 1 is 1.19 bits per heavy atom. The van der Waals surface area contributed by atoms with Gasteiger partial charge in [-0.25, -0.2) is 0 Å². The van der Waals surface area contributed by atoms with Crippen LogP contribution in [0.15, 0.2) is 28.7 Å². The minimum Gasteiger partial charge on any atom is -0.419 e. The molecule has 7 nitrogen and oxygen atoms in total. The number of aromatic nitrogens is 2. The summed E-state index contributed by atoms with van der Waals surface area (Å²) >= 11 is 5.91. The lowest BCUT2D eigenvalue weighted by molar-refractivity contribution is -0.123. The van der Waals surface area contributed by atoms with E-state index in [4.69, 9.17) is 16.0 Å². The van der Waals surface area contributed by atoms with Crippen LogP contribution >= 0.6 is 11.6 Å². The van der Waals surface area contributed by atoms with Gasteiger partial charge in [0.15, 0.2) is 0 Å². The fourth-order valence-electron chi connectivity index (χ4n) is 2.95. The van der Waals surface area contributed by atoms with Crippen molar-refractivity contribution < 1.29 is 9.21 Å². The number of nitrogens with one attached hydrogen (secondary N) is 1. The first-order chi connectivity index (χ1) is 13.0. The van der Waals surface area contributed by atoms with Crippen molar-refractivity contribution in [2.45, 2.75) is 32.9 Å². The van der Waals surface area contributed by atoms with Gasteiger partial charge in [0.05, 0.1) is 13.1 Å². The SMILES string of the molecule is CCC(C)NC(=O)CN1CCN(Cc2nnc(-c3ccc(Cl)cc3)o2)CC1. The van der Waals surface area contributed by atoms with Crippen molar-refractivity contribution in [1.29, 1.82) is 0 Å². The molecule has 146 valence electrons. The van der Waals surface area contributed by atoms with Gasteiger partial charge in [-0.15, -0.1) is 10.2 Å². The Labute approximate surface area is 164 Å². The summed E-state index contributed by atoms with van der Waals surface area (Å²) in [6.07, 6.45) is 0.946. The molecule has 0 saturated carbocycles. The highest BCUT2D eigenvalue weighted by Gasteiger charge is 2.21. The Hall–Kier alpha value is -1.96. The van der Waals surface area contributed by atoms with E-state index in [0.717, 1.165) is 38.2 Å². The average molecular weight is 392 g/mol. The van der Waals surface area contributed by atoms with Crippen molar-refractivity contribution >= 4 is 17.5 Å². The number of benzene rings is 1. The minimum atomic E-state index is 0.0994. The Bertz CT molecular complexity index is 741. The second kappa shape index (κ2) is 9.30. The van der Waals surface area contributed by atoms with Crippen LogP contribution < -0.4 is 5.32 Å². The molecule has 2 aromatic rings. The number of amides is 1. The number of carbonyl (C=O) groups is 1. The van der Waals surface area contributed by atoms with E-state index in [9.17, 15) is 4.79 Å². The van der Waals surface area contributed by atoms with Crippen molar-refractivity contribution in [3.63, 3.8) is 0 Å². The summed E-state index contributed by atoms with van der Waals surface area (Å²) in [5.41, 5.74) is 0.857. The van der Waals surface area contributed by atoms with Gasteiger partial charge in [-0.05, 0) is 37.6 Å². The standard InChI is InChI=1S/C19H26ClN5O2/c1-3-14(2)21-17(26)12-24-8-10-25(11-9-24)13-18-22-23-19(27-18)15-4-6-16(20)7-5-15/h4-7,14H,3,8-13H2,1-2H3,(H,21,26). The van der Waals surface area contributed by atoms with Crippen LogP contribution in [0, 0.1) is 0 Å². The van der Waals surface area contributed by atoms with Gasteiger partial charge in [-0.3, -0.25) is 14.6 Å². The molecule has 1 unspecified atom stereocenters. The van der Waals surface area contributed by atoms with Crippen LogP contribution in [0.3, 0.4) is 0 Å². The third-order valence-corrected chi connectivity index (χ3v) is 5.02. The Morgan fingerprint density at radius 3 is 2.52 bits per heavy atom. The van der Waals surface area contributed by atoms with Gasteiger partial charge >= 0.3 is 0 Å². The van der Waals surface area contributed by atoms with Crippen LogP contribution in [-0.4, -0.2) is 64.7 Å². The van der Waals surface area contributed by atoms with Gasteiger partial charge in [0.2, 0.25) is 17.7 Å². The van der Waals surface area contributed by atoms with E-state index in [1.54, 1.807) is 12.1 Å². The van der Waals surface area contributed by atoms with Gasteiger partial charge in [-0.2, -0.15) is 0 Å². The summed E-state index contributed by atoms with van der Waals surface area (Å²) < 4.78 is 5.78. The quantitative estimate of drug-likeness (QED) is 0.781. The molecule has 1 aromatic heterocycles. The van der Waals surface area contributed by atoms with Crippen LogP contribution in [0.5, 0.6) is 0 Å². The molecule has 2 heterocycles. The van der Waals surface area contributed by atoms with Gasteiger partial charge in [0, 0.05) is 42.8 Å². The van der Waals surface area contributed by atoms with Crippen LogP contribution in [0.2, 0.25) is 5.02 Å². The van der Waals surface area contributed by atoms with Crippen molar-refractivity contribution in [3.05, 3.63) is 35.2 Å². The van der Waals surface area contributed by atoms with Crippen molar-refractivity contribution in [1.82, 2.24) is 25.3 Å². The molecule has 1 atom stereocenters. The molecule has 0 radical (unpaired) electrons. The summed E-state index contributed by atoms with van der Waals surface area (Å²) in [6, 6.07) is 7.56. The predicted octanol–water partition coefficient (Wildman–Crippen LogP) is 2.42. The van der Waals surface area contributed by atoms with Crippen LogP contribution in [-0.2, 0) is 11.3 Å². The third kappa shape index (κ3) is 5.76. The summed E-state index contributed by atoms with van der Waals surface area (Å²) in [5, 5.41) is 12.0. The zero-order chi connectivity index (χ0) is 19.2. The predicted molar refractivity (Wildman–Crippen MR) is 104 cm³/mol. The largest absolute Gasteiger partial charge is 0.419 e. The number of hydrogen-bond acceptors (Lipinski definition) is 6. The summed E-state index contributed by atoms with van der Waals surface area (Å²) in [4.78, 5) is 16.5. The van der Waals surface area contributed by atoms with E-state index in [-0.39, 0.29) is 11.9 Å². The maximum absolute atomic E-state index is 12.0. The summed E-state index contributed by atoms with van der Waals surface area (Å²) in [6.45, 7) is 8.62. The molecule has 1 N–H and O–H groups in total. The Morgan fingerprint density at radius 2 is 1.85 bits per heavy atom. The molecule has 1 saturated heterocycles. The molecule has 0 bridgehead atoms. The molecule has 1 amide bonds. The number of halogens is 1. The first kappa shape index (κ1) is 19.8. The highest BCUT2D eigenvalue weighted by molar-refractivity contribution is 6.30. The fourth-order valence-corrected chi connectivity index (χ4v) is 3.08. The number of nitrogens with zero attached hydrogens (tertiary/aromatic N) is 4. The topological polar surface area (TPSA) is 74.5 Å². The third-order valence-electron chi connectivity index (χ3n) is 4.77. The van der Waals surface area contributed by atoms with E-state index in [1.807, 2.05) is 19.1 Å². The Kier molecular flexibility index (Phi) is 6.82. The van der Waals surface area contributed by atoms with Gasteiger partial charge < -0.3 is 9.73 Å². The second-order valence-electron chi connectivity index (χ2n) is 6.94. The van der Waals surface area contributed by atoms with Crippen molar-refractivity contribution in [2.75, 3.05) is 32.7 Å². The lowest BCUT2D eigenvalue weighted by atomic mass is 10.2. The number of piperazine rings is 1. The first-order valence-corrected chi connectivity index (χ1v) is 9.73. The maximum atomic E-state index is 12.0. The monoisotopic (exact) mass is 391 g/mol. The van der Waals surface area contributed by atoms with Crippen molar-refractivity contribution in [2.24, 2.45) is 0 Å². The first-order valence-electron chi connectivity index (χ1n) is 9.36. The number of carbonyl (C=O) groups excluding carboxylic acids is 1. The molecule has 0 aliphatic carbocycles. The molecular formula is C19H26ClN5O2. The van der Waals surface area contributed by atoms with Crippen LogP contribution in [0.1, 0.15) is 26.2 Å². The highest BCUT2D eigenvalue weighted by Crippen LogP contribution is 2.20. The fraction of sp³-hybridized carbons (Fsp3) is 0.526. The number of rotatable bonds is 7. The molecule has 1 aliphatic heterocycles. The number of hydrogen-bond donors (Lipinski definition) is 1. The molecule has 0 spiro atoms. The Balaban J connectivity index is 1.45. The normalized spacial score (nSPS) is 17.0. The lowest BCUT2D eigenvalue weighted by Crippen LogP contribution is -2.49. The van der Waals surface area contributed by atoms with E-state index >= 15 is 0 Å². The van der Waals surface area contributed by atoms with Crippen LogP contribution in [0.4, 0.5) is 0 Å². The highest BCUT2D eigenvalue weighted by atomic mass is 35.5. The summed E-state index contributed by atoms with van der Waals surface area (Å²) in [7, 11) is 0. The molecular weight excluding hydrogens is 366 g/mol. The lowest BCUT2D eigenvalue weighted by Gasteiger charge is -2.33. The maximum Gasteiger partial charge on any atom is 0.247 e. The van der Waals surface area contributed by atoms with Crippen LogP contribution in [0.25, 0.3) is 11.5 Å². The molecule has 1 aromatic carbocycles. The zero-order valence-electron chi connectivity index (χ0n) is 15.8. The van der Waals surface area contributed by atoms with E-state index in [0.29, 0.717) is 29.9 Å². The molecule has 1 fully saturated rings. The zero-order valence-corrected chi connectivity index (χ0v) is 16.6. The second-order valence-corrected chi connectivity index (χ2v) is 7.37. The van der Waals surface area contributed by atoms with E-state index < -0.39 is 0 Å².